The quantitative estimate of drug-likeness (QED) is 0.858. The minimum atomic E-state index is 0.283. The van der Waals surface area contributed by atoms with Crippen LogP contribution < -0.4 is 5.73 Å². The minimum absolute atomic E-state index is 0.283. The number of rotatable bonds is 3. The van der Waals surface area contributed by atoms with Crippen LogP contribution in [0.3, 0.4) is 0 Å². The highest BCUT2D eigenvalue weighted by molar-refractivity contribution is 5.32. The molecule has 1 aliphatic heterocycles. The lowest BCUT2D eigenvalue weighted by molar-refractivity contribution is 0.308. The molecular weight excluding hydrogens is 210 g/mol. The van der Waals surface area contributed by atoms with Crippen LogP contribution in [0, 0.1) is 17.2 Å². The molecule has 3 nitrogen and oxygen atoms in total. The molecule has 0 saturated carbocycles. The number of nitrogens with two attached hydrogens (primary N) is 1. The first-order chi connectivity index (χ1) is 8.19. The maximum absolute atomic E-state index is 8.86. The van der Waals surface area contributed by atoms with E-state index in [1.165, 1.54) is 12.0 Å². The Balaban J connectivity index is 1.96. The molecule has 0 spiro atoms. The Hall–Kier alpha value is -1.37. The molecule has 1 fully saturated rings. The zero-order valence-electron chi connectivity index (χ0n) is 10.3. The van der Waals surface area contributed by atoms with E-state index in [4.69, 9.17) is 11.0 Å². The summed E-state index contributed by atoms with van der Waals surface area (Å²) in [4.78, 5) is 2.42. The highest BCUT2D eigenvalue weighted by atomic mass is 15.1. The zero-order valence-corrected chi connectivity index (χ0v) is 10.3. The Kier molecular flexibility index (Phi) is 3.78. The monoisotopic (exact) mass is 229 g/mol. The number of likely N-dealkylation sites (tertiary alicyclic amines) is 1. The van der Waals surface area contributed by atoms with Gasteiger partial charge in [-0.25, -0.2) is 0 Å². The first kappa shape index (κ1) is 12.1. The lowest BCUT2D eigenvalue weighted by Gasteiger charge is -2.17. The first-order valence-electron chi connectivity index (χ1n) is 6.16. The summed E-state index contributed by atoms with van der Waals surface area (Å²) in [7, 11) is 0. The van der Waals surface area contributed by atoms with Crippen LogP contribution in [0.25, 0.3) is 0 Å². The largest absolute Gasteiger partial charge is 0.328 e. The van der Waals surface area contributed by atoms with E-state index in [-0.39, 0.29) is 6.04 Å². The molecule has 2 atom stereocenters. The third-order valence-corrected chi connectivity index (χ3v) is 3.51. The Morgan fingerprint density at radius 1 is 1.59 bits per heavy atom. The highest BCUT2D eigenvalue weighted by Gasteiger charge is 2.24. The van der Waals surface area contributed by atoms with Crippen molar-refractivity contribution in [3.05, 3.63) is 35.4 Å². The van der Waals surface area contributed by atoms with Crippen molar-refractivity contribution in [2.24, 2.45) is 11.7 Å². The van der Waals surface area contributed by atoms with Crippen LogP contribution in [-0.4, -0.2) is 24.0 Å². The number of hydrogen-bond donors (Lipinski definition) is 1. The van der Waals surface area contributed by atoms with Crippen molar-refractivity contribution in [2.45, 2.75) is 25.9 Å². The molecule has 3 heteroatoms. The molecule has 2 N–H and O–H groups in total. The molecule has 1 aliphatic rings. The van der Waals surface area contributed by atoms with Crippen molar-refractivity contribution < 1.29 is 0 Å². The zero-order chi connectivity index (χ0) is 12.3. The standard InChI is InChI=1S/C14H19N3/c1-11(16)14-5-6-17(10-14)9-13-4-2-3-12(7-13)8-15/h2-4,7,11,14H,5-6,9-10,16H2,1H3. The second-order valence-corrected chi connectivity index (χ2v) is 4.96. The van der Waals surface area contributed by atoms with Crippen LogP contribution in [0.1, 0.15) is 24.5 Å². The average molecular weight is 229 g/mol. The third-order valence-electron chi connectivity index (χ3n) is 3.51. The van der Waals surface area contributed by atoms with E-state index in [9.17, 15) is 0 Å². The van der Waals surface area contributed by atoms with Gasteiger partial charge in [-0.1, -0.05) is 12.1 Å². The van der Waals surface area contributed by atoms with Crippen molar-refractivity contribution >= 4 is 0 Å². The Bertz CT molecular complexity index is 420. The summed E-state index contributed by atoms with van der Waals surface area (Å²) in [5.41, 5.74) is 7.89. The van der Waals surface area contributed by atoms with Gasteiger partial charge in [-0.15, -0.1) is 0 Å². The number of benzene rings is 1. The normalized spacial score (nSPS) is 22.3. The summed E-state index contributed by atoms with van der Waals surface area (Å²) in [5, 5.41) is 8.86. The molecule has 90 valence electrons. The van der Waals surface area contributed by atoms with Crippen LogP contribution in [0.15, 0.2) is 24.3 Å². The van der Waals surface area contributed by atoms with Crippen LogP contribution >= 0.6 is 0 Å². The third kappa shape index (κ3) is 3.06. The Labute approximate surface area is 103 Å². The topological polar surface area (TPSA) is 53.0 Å². The van der Waals surface area contributed by atoms with E-state index in [0.717, 1.165) is 25.2 Å². The summed E-state index contributed by atoms with van der Waals surface area (Å²) in [6, 6.07) is 10.3. The van der Waals surface area contributed by atoms with E-state index in [1.807, 2.05) is 18.2 Å². The predicted molar refractivity (Wildman–Crippen MR) is 68.2 cm³/mol. The van der Waals surface area contributed by atoms with Crippen molar-refractivity contribution in [1.29, 1.82) is 5.26 Å². The van der Waals surface area contributed by atoms with Crippen molar-refractivity contribution in [1.82, 2.24) is 4.90 Å². The molecule has 1 saturated heterocycles. The SMILES string of the molecule is CC(N)C1CCN(Cc2cccc(C#N)c2)C1. The lowest BCUT2D eigenvalue weighted by atomic mass is 10.0. The summed E-state index contributed by atoms with van der Waals surface area (Å²) in [6.07, 6.45) is 1.19. The smallest absolute Gasteiger partial charge is 0.0991 e. The lowest BCUT2D eigenvalue weighted by Crippen LogP contribution is -2.29. The molecule has 1 heterocycles. The van der Waals surface area contributed by atoms with Gasteiger partial charge in [-0.3, -0.25) is 4.90 Å². The molecule has 0 radical (unpaired) electrons. The summed E-state index contributed by atoms with van der Waals surface area (Å²) in [5.74, 6) is 0.620. The molecule has 0 aromatic heterocycles. The number of nitriles is 1. The maximum Gasteiger partial charge on any atom is 0.0991 e. The molecule has 0 aliphatic carbocycles. The first-order valence-corrected chi connectivity index (χ1v) is 6.16. The van der Waals surface area contributed by atoms with E-state index in [0.29, 0.717) is 5.92 Å². The van der Waals surface area contributed by atoms with Crippen LogP contribution in [0.4, 0.5) is 0 Å². The molecule has 17 heavy (non-hydrogen) atoms. The Morgan fingerprint density at radius 3 is 3.06 bits per heavy atom. The van der Waals surface area contributed by atoms with Crippen molar-refractivity contribution in [2.75, 3.05) is 13.1 Å². The Morgan fingerprint density at radius 2 is 2.41 bits per heavy atom. The second kappa shape index (κ2) is 5.31. The molecule has 0 amide bonds. The van der Waals surface area contributed by atoms with E-state index in [1.54, 1.807) is 0 Å². The van der Waals surface area contributed by atoms with Gasteiger partial charge in [0.05, 0.1) is 11.6 Å². The second-order valence-electron chi connectivity index (χ2n) is 4.96. The van der Waals surface area contributed by atoms with Gasteiger partial charge in [0.2, 0.25) is 0 Å². The molecule has 0 bridgehead atoms. The fourth-order valence-electron chi connectivity index (χ4n) is 2.43. The van der Waals surface area contributed by atoms with E-state index < -0.39 is 0 Å². The molecule has 1 aromatic rings. The van der Waals surface area contributed by atoms with Crippen molar-refractivity contribution in [3.8, 4) is 6.07 Å². The summed E-state index contributed by atoms with van der Waals surface area (Å²) >= 11 is 0. The van der Waals surface area contributed by atoms with Gasteiger partial charge in [-0.05, 0) is 43.5 Å². The maximum atomic E-state index is 8.86. The van der Waals surface area contributed by atoms with Crippen LogP contribution in [0.5, 0.6) is 0 Å². The summed E-state index contributed by atoms with van der Waals surface area (Å²) < 4.78 is 0. The van der Waals surface area contributed by atoms with Crippen LogP contribution in [0.2, 0.25) is 0 Å². The van der Waals surface area contributed by atoms with Gasteiger partial charge in [0.15, 0.2) is 0 Å². The van der Waals surface area contributed by atoms with Crippen LogP contribution in [-0.2, 0) is 6.54 Å². The number of nitrogens with zero attached hydrogens (tertiary/aromatic N) is 2. The van der Waals surface area contributed by atoms with Gasteiger partial charge >= 0.3 is 0 Å². The van der Waals surface area contributed by atoms with Crippen molar-refractivity contribution in [3.63, 3.8) is 0 Å². The number of hydrogen-bond acceptors (Lipinski definition) is 3. The van der Waals surface area contributed by atoms with E-state index >= 15 is 0 Å². The highest BCUT2D eigenvalue weighted by Crippen LogP contribution is 2.20. The molecule has 2 rings (SSSR count). The van der Waals surface area contributed by atoms with Gasteiger partial charge < -0.3 is 5.73 Å². The molecule has 2 unspecified atom stereocenters. The fraction of sp³-hybridized carbons (Fsp3) is 0.500. The average Bonchev–Trinajstić information content (AvgIpc) is 2.78. The van der Waals surface area contributed by atoms with Gasteiger partial charge in [0.1, 0.15) is 0 Å². The molecule has 1 aromatic carbocycles. The fourth-order valence-corrected chi connectivity index (χ4v) is 2.43. The molecular formula is C14H19N3. The minimum Gasteiger partial charge on any atom is -0.328 e. The van der Waals surface area contributed by atoms with Gasteiger partial charge in [-0.2, -0.15) is 5.26 Å². The van der Waals surface area contributed by atoms with Gasteiger partial charge in [0.25, 0.3) is 0 Å². The predicted octanol–water partition coefficient (Wildman–Crippen LogP) is 1.73. The van der Waals surface area contributed by atoms with E-state index in [2.05, 4.69) is 24.0 Å². The summed E-state index contributed by atoms with van der Waals surface area (Å²) in [6.45, 7) is 5.21. The van der Waals surface area contributed by atoms with Gasteiger partial charge in [0, 0.05) is 19.1 Å².